The molecule has 1 amide bonds. The molecule has 1 aliphatic heterocycles. The second kappa shape index (κ2) is 7.25. The number of carbonyl (C=O) groups excluding carboxylic acids is 1. The maximum Gasteiger partial charge on any atom is 0.273 e. The number of amides is 1. The molecule has 0 aliphatic carbocycles. The van der Waals surface area contributed by atoms with Crippen LogP contribution >= 0.6 is 0 Å². The monoisotopic (exact) mass is 342 g/mol. The van der Waals surface area contributed by atoms with Gasteiger partial charge in [0.1, 0.15) is 6.10 Å². The highest BCUT2D eigenvalue weighted by Gasteiger charge is 2.27. The summed E-state index contributed by atoms with van der Waals surface area (Å²) in [6.07, 6.45) is 6.04. The number of likely N-dealkylation sites (tertiary alicyclic amines) is 1. The Balaban J connectivity index is 1.64. The summed E-state index contributed by atoms with van der Waals surface area (Å²) in [5, 5.41) is 11.0. The Morgan fingerprint density at radius 3 is 2.72 bits per heavy atom. The highest BCUT2D eigenvalue weighted by molar-refractivity contribution is 5.96. The zero-order chi connectivity index (χ0) is 17.8. The second-order valence-electron chi connectivity index (χ2n) is 5.86. The summed E-state index contributed by atoms with van der Waals surface area (Å²) < 4.78 is 5.76. The van der Waals surface area contributed by atoms with Gasteiger partial charge in [-0.1, -0.05) is 6.07 Å². The first-order valence-electron chi connectivity index (χ1n) is 8.02. The lowest BCUT2D eigenvalue weighted by atomic mass is 10.0. The van der Waals surface area contributed by atoms with E-state index in [4.69, 9.17) is 4.74 Å². The lowest BCUT2D eigenvalue weighted by Crippen LogP contribution is -2.42. The fraction of sp³-hybridized carbons (Fsp3) is 0.353. The molecule has 8 heteroatoms. The largest absolute Gasteiger partial charge is 0.473 e. The van der Waals surface area contributed by atoms with E-state index in [-0.39, 0.29) is 17.7 Å². The van der Waals surface area contributed by atoms with Gasteiger partial charge in [-0.25, -0.2) is 4.98 Å². The molecule has 25 heavy (non-hydrogen) atoms. The topological polar surface area (TPSA) is 98.5 Å². The molecule has 0 atom stereocenters. The standard InChI is InChI=1S/C17H18N4O4/c1-12-14(3-2-4-15(12)21(23)24)17(22)20-9-5-13(6-10-20)25-16-11-18-7-8-19-16/h2-4,7-8,11,13H,5-6,9-10H2,1H3. The Hall–Kier alpha value is -3.03. The maximum atomic E-state index is 12.7. The number of carbonyl (C=O) groups is 1. The third kappa shape index (κ3) is 3.73. The van der Waals surface area contributed by atoms with Gasteiger partial charge in [-0.3, -0.25) is 19.9 Å². The highest BCUT2D eigenvalue weighted by Crippen LogP contribution is 2.24. The molecule has 2 heterocycles. The number of piperidine rings is 1. The average Bonchev–Trinajstić information content (AvgIpc) is 2.62. The Morgan fingerprint density at radius 1 is 1.32 bits per heavy atom. The summed E-state index contributed by atoms with van der Waals surface area (Å²) in [6.45, 7) is 2.67. The van der Waals surface area contributed by atoms with Crippen LogP contribution in [0.1, 0.15) is 28.8 Å². The van der Waals surface area contributed by atoms with Gasteiger partial charge in [-0.05, 0) is 13.0 Å². The SMILES string of the molecule is Cc1c(C(=O)N2CCC(Oc3cnccn3)CC2)cccc1[N+](=O)[O-]. The molecule has 3 rings (SSSR count). The highest BCUT2D eigenvalue weighted by atomic mass is 16.6. The predicted octanol–water partition coefficient (Wildman–Crippen LogP) is 2.38. The minimum Gasteiger partial charge on any atom is -0.473 e. The molecule has 0 radical (unpaired) electrons. The third-order valence-corrected chi connectivity index (χ3v) is 4.29. The number of nitrogens with zero attached hydrogens (tertiary/aromatic N) is 4. The summed E-state index contributed by atoms with van der Waals surface area (Å²) >= 11 is 0. The lowest BCUT2D eigenvalue weighted by molar-refractivity contribution is -0.385. The second-order valence-corrected chi connectivity index (χ2v) is 5.86. The average molecular weight is 342 g/mol. The van der Waals surface area contributed by atoms with Crippen molar-refractivity contribution >= 4 is 11.6 Å². The van der Waals surface area contributed by atoms with E-state index in [2.05, 4.69) is 9.97 Å². The molecule has 1 saturated heterocycles. The molecule has 1 aliphatic rings. The van der Waals surface area contributed by atoms with Crippen LogP contribution in [0.15, 0.2) is 36.8 Å². The fourth-order valence-electron chi connectivity index (χ4n) is 2.92. The Labute approximate surface area is 144 Å². The van der Waals surface area contributed by atoms with Crippen LogP contribution in [-0.2, 0) is 0 Å². The molecule has 2 aromatic rings. The molecule has 1 aromatic heterocycles. The van der Waals surface area contributed by atoms with Gasteiger partial charge in [0, 0.05) is 55.5 Å². The number of nitro benzene ring substituents is 1. The van der Waals surface area contributed by atoms with E-state index in [1.165, 1.54) is 6.07 Å². The van der Waals surface area contributed by atoms with Gasteiger partial charge in [0.15, 0.2) is 0 Å². The maximum absolute atomic E-state index is 12.7. The Morgan fingerprint density at radius 2 is 2.08 bits per heavy atom. The molecule has 0 unspecified atom stereocenters. The minimum absolute atomic E-state index is 0.0213. The van der Waals surface area contributed by atoms with Gasteiger partial charge in [-0.2, -0.15) is 0 Å². The fourth-order valence-corrected chi connectivity index (χ4v) is 2.92. The number of rotatable bonds is 4. The van der Waals surface area contributed by atoms with Gasteiger partial charge in [0.25, 0.3) is 11.6 Å². The number of nitro groups is 1. The van der Waals surface area contributed by atoms with Crippen LogP contribution in [0.4, 0.5) is 5.69 Å². The van der Waals surface area contributed by atoms with Crippen molar-refractivity contribution in [2.24, 2.45) is 0 Å². The molecule has 8 nitrogen and oxygen atoms in total. The van der Waals surface area contributed by atoms with Crippen molar-refractivity contribution in [3.05, 3.63) is 58.0 Å². The minimum atomic E-state index is -0.465. The van der Waals surface area contributed by atoms with E-state index >= 15 is 0 Å². The Bertz CT molecular complexity index is 773. The van der Waals surface area contributed by atoms with E-state index in [1.807, 2.05) is 0 Å². The number of aromatic nitrogens is 2. The molecule has 0 saturated carbocycles. The molecule has 1 aromatic carbocycles. The summed E-state index contributed by atoms with van der Waals surface area (Å²) in [5.74, 6) is 0.293. The first kappa shape index (κ1) is 16.8. The summed E-state index contributed by atoms with van der Waals surface area (Å²) in [4.78, 5) is 33.0. The van der Waals surface area contributed by atoms with Crippen molar-refractivity contribution in [2.45, 2.75) is 25.9 Å². The first-order chi connectivity index (χ1) is 12.1. The van der Waals surface area contributed by atoms with Crippen LogP contribution in [0.3, 0.4) is 0 Å². The molecule has 0 bridgehead atoms. The zero-order valence-corrected chi connectivity index (χ0v) is 13.8. The smallest absolute Gasteiger partial charge is 0.273 e. The van der Waals surface area contributed by atoms with Crippen molar-refractivity contribution in [2.75, 3.05) is 13.1 Å². The van der Waals surface area contributed by atoms with E-state index in [9.17, 15) is 14.9 Å². The van der Waals surface area contributed by atoms with E-state index in [1.54, 1.807) is 42.5 Å². The van der Waals surface area contributed by atoms with Crippen molar-refractivity contribution in [3.8, 4) is 5.88 Å². The predicted molar refractivity (Wildman–Crippen MR) is 89.4 cm³/mol. The van der Waals surface area contributed by atoms with E-state index < -0.39 is 4.92 Å². The summed E-state index contributed by atoms with van der Waals surface area (Å²) in [7, 11) is 0. The third-order valence-electron chi connectivity index (χ3n) is 4.29. The normalized spacial score (nSPS) is 15.0. The molecule has 0 spiro atoms. The van der Waals surface area contributed by atoms with Crippen molar-refractivity contribution in [1.82, 2.24) is 14.9 Å². The van der Waals surface area contributed by atoms with Gasteiger partial charge >= 0.3 is 0 Å². The van der Waals surface area contributed by atoms with Gasteiger partial charge in [0.2, 0.25) is 5.88 Å². The summed E-state index contributed by atoms with van der Waals surface area (Å²) in [6, 6.07) is 4.59. The van der Waals surface area contributed by atoms with Crippen molar-refractivity contribution in [3.63, 3.8) is 0 Å². The van der Waals surface area contributed by atoms with Crippen LogP contribution in [0.5, 0.6) is 5.88 Å². The first-order valence-corrected chi connectivity index (χ1v) is 8.02. The number of hydrogen-bond donors (Lipinski definition) is 0. The molecular weight excluding hydrogens is 324 g/mol. The van der Waals surface area contributed by atoms with Gasteiger partial charge in [-0.15, -0.1) is 0 Å². The Kier molecular flexibility index (Phi) is 4.87. The molecule has 1 fully saturated rings. The molecule has 130 valence electrons. The van der Waals surface area contributed by atoms with E-state index in [0.29, 0.717) is 42.9 Å². The molecular formula is C17H18N4O4. The van der Waals surface area contributed by atoms with E-state index in [0.717, 1.165) is 0 Å². The lowest BCUT2D eigenvalue weighted by Gasteiger charge is -2.32. The van der Waals surface area contributed by atoms with Crippen molar-refractivity contribution < 1.29 is 14.5 Å². The number of ether oxygens (including phenoxy) is 1. The van der Waals surface area contributed by atoms with Crippen molar-refractivity contribution in [1.29, 1.82) is 0 Å². The quantitative estimate of drug-likeness (QED) is 0.625. The van der Waals surface area contributed by atoms with Crippen LogP contribution in [-0.4, -0.2) is 44.9 Å². The number of benzene rings is 1. The van der Waals surface area contributed by atoms with Crippen LogP contribution in [0, 0.1) is 17.0 Å². The van der Waals surface area contributed by atoms with Crippen LogP contribution in [0.25, 0.3) is 0 Å². The van der Waals surface area contributed by atoms with Gasteiger partial charge in [0.05, 0.1) is 11.1 Å². The van der Waals surface area contributed by atoms with Crippen LogP contribution in [0.2, 0.25) is 0 Å². The van der Waals surface area contributed by atoms with Gasteiger partial charge < -0.3 is 9.64 Å². The molecule has 0 N–H and O–H groups in total. The van der Waals surface area contributed by atoms with Crippen LogP contribution < -0.4 is 4.74 Å². The number of hydrogen-bond acceptors (Lipinski definition) is 6. The summed E-state index contributed by atoms with van der Waals surface area (Å²) in [5.41, 5.74) is 0.740. The zero-order valence-electron chi connectivity index (χ0n) is 13.8.